The average Bonchev–Trinajstić information content (AvgIpc) is 3.40. The predicted octanol–water partition coefficient (Wildman–Crippen LogP) is 4.46. The number of aromatic amines is 1. The molecule has 0 unspecified atom stereocenters. The second-order valence-corrected chi connectivity index (χ2v) is 8.23. The normalized spacial score (nSPS) is 19.4. The molecule has 0 amide bonds. The van der Waals surface area contributed by atoms with Crippen LogP contribution in [0.5, 0.6) is 0 Å². The lowest BCUT2D eigenvalue weighted by molar-refractivity contribution is 0.513. The fraction of sp³-hybridized carbons (Fsp3) is 0.348. The summed E-state index contributed by atoms with van der Waals surface area (Å²) in [6.07, 6.45) is 4.51. The quantitative estimate of drug-likeness (QED) is 0.566. The number of hydrogen-bond acceptors (Lipinski definition) is 4. The number of imidazole rings is 1. The van der Waals surface area contributed by atoms with Gasteiger partial charge in [-0.15, -0.1) is 4.80 Å². The smallest absolute Gasteiger partial charge is 0.130 e. The molecule has 1 aliphatic heterocycles. The summed E-state index contributed by atoms with van der Waals surface area (Å²) >= 11 is 0. The van der Waals surface area contributed by atoms with Crippen LogP contribution in [0.4, 0.5) is 5.69 Å². The highest BCUT2D eigenvalue weighted by molar-refractivity contribution is 5.80. The maximum Gasteiger partial charge on any atom is 0.130 e. The summed E-state index contributed by atoms with van der Waals surface area (Å²) in [5.74, 6) is 1.51. The van der Waals surface area contributed by atoms with Crippen molar-refractivity contribution in [3.05, 3.63) is 65.2 Å². The van der Waals surface area contributed by atoms with Gasteiger partial charge in [-0.1, -0.05) is 13.0 Å². The lowest BCUT2D eigenvalue weighted by atomic mass is 10.0. The summed E-state index contributed by atoms with van der Waals surface area (Å²) in [7, 11) is 0. The highest BCUT2D eigenvalue weighted by atomic mass is 15.5. The molecule has 6 nitrogen and oxygen atoms in total. The van der Waals surface area contributed by atoms with E-state index in [9.17, 15) is 0 Å². The van der Waals surface area contributed by atoms with Crippen LogP contribution in [0.15, 0.2) is 36.7 Å². The zero-order chi connectivity index (χ0) is 20.1. The molecule has 0 saturated carbocycles. The first kappa shape index (κ1) is 17.9. The number of nitrogens with zero attached hydrogens (tertiary/aromatic N) is 5. The van der Waals surface area contributed by atoms with Gasteiger partial charge in [-0.05, 0) is 68.0 Å². The minimum atomic E-state index is 0.173. The maximum absolute atomic E-state index is 5.03. The number of H-pyrrole nitrogens is 1. The molecule has 1 N–H and O–H groups in total. The van der Waals surface area contributed by atoms with Gasteiger partial charge < -0.3 is 9.88 Å². The molecule has 147 valence electrons. The molecule has 2 atom stereocenters. The largest absolute Gasteiger partial charge is 0.359 e. The monoisotopic (exact) mass is 385 g/mol. The third kappa shape index (κ3) is 2.99. The van der Waals surface area contributed by atoms with Crippen LogP contribution in [0, 0.1) is 32.8 Å². The Hall–Kier alpha value is -3.15. The predicted molar refractivity (Wildman–Crippen MR) is 114 cm³/mol. The third-order valence-corrected chi connectivity index (χ3v) is 5.89. The van der Waals surface area contributed by atoms with Crippen LogP contribution < -0.4 is 4.90 Å². The first-order chi connectivity index (χ1) is 14.0. The standard InChI is InChI=1S/C23H25N6/c1-14-5-6-19(29-24-8-9-25-29)20(13-14)28-10-7-16(3)22(28)23-26-18-12-15(2)11-17(4)21(18)27-23/h5,8-9,11-13,16,22H,7,10H2,1-4H3,(H,26,27)/t16-,22-/m0/s1. The number of benzene rings is 2. The number of nitrogens with one attached hydrogen (secondary N) is 1. The van der Waals surface area contributed by atoms with Crippen LogP contribution in [0.2, 0.25) is 0 Å². The summed E-state index contributed by atoms with van der Waals surface area (Å²) in [6.45, 7) is 9.63. The molecule has 1 fully saturated rings. The Morgan fingerprint density at radius 3 is 2.66 bits per heavy atom. The zero-order valence-corrected chi connectivity index (χ0v) is 17.3. The van der Waals surface area contributed by atoms with Crippen molar-refractivity contribution in [2.45, 2.75) is 40.2 Å². The van der Waals surface area contributed by atoms with E-state index in [4.69, 9.17) is 4.98 Å². The van der Waals surface area contributed by atoms with Gasteiger partial charge in [0.25, 0.3) is 0 Å². The molecule has 1 aliphatic rings. The molecule has 3 heterocycles. The minimum Gasteiger partial charge on any atom is -0.359 e. The SMILES string of the molecule is Cc1c[c]c(-n2nccn2)c(N2CC[C@H](C)[C@H]2c2nc3c(C)cc(C)cc3[nH]2)c1. The molecule has 0 bridgehead atoms. The molecular formula is C23H25N6. The Balaban J connectivity index is 1.64. The molecule has 0 aliphatic carbocycles. The molecule has 2 aromatic carbocycles. The van der Waals surface area contributed by atoms with Crippen molar-refractivity contribution < 1.29 is 0 Å². The van der Waals surface area contributed by atoms with E-state index in [1.54, 1.807) is 17.2 Å². The number of aromatic nitrogens is 5. The van der Waals surface area contributed by atoms with Crippen LogP contribution in [0.3, 0.4) is 0 Å². The van der Waals surface area contributed by atoms with Crippen LogP contribution in [0.25, 0.3) is 16.7 Å². The third-order valence-electron chi connectivity index (χ3n) is 5.89. The summed E-state index contributed by atoms with van der Waals surface area (Å²) in [6, 6.07) is 12.1. The molecule has 0 spiro atoms. The van der Waals surface area contributed by atoms with Gasteiger partial charge in [-0.3, -0.25) is 0 Å². The van der Waals surface area contributed by atoms with Crippen LogP contribution >= 0.6 is 0 Å². The fourth-order valence-corrected chi connectivity index (χ4v) is 4.56. The molecule has 6 heteroatoms. The highest BCUT2D eigenvalue weighted by Crippen LogP contribution is 2.42. The summed E-state index contributed by atoms with van der Waals surface area (Å²) in [5, 5.41) is 8.69. The van der Waals surface area contributed by atoms with E-state index in [1.807, 2.05) is 6.07 Å². The van der Waals surface area contributed by atoms with Gasteiger partial charge >= 0.3 is 0 Å². The van der Waals surface area contributed by atoms with Gasteiger partial charge in [0.15, 0.2) is 0 Å². The molecular weight excluding hydrogens is 360 g/mol. The Kier molecular flexibility index (Phi) is 4.15. The van der Waals surface area contributed by atoms with Crippen molar-refractivity contribution in [2.75, 3.05) is 11.4 Å². The van der Waals surface area contributed by atoms with Crippen LogP contribution in [-0.4, -0.2) is 31.5 Å². The van der Waals surface area contributed by atoms with E-state index >= 15 is 0 Å². The number of anilines is 1. The molecule has 1 radical (unpaired) electrons. The lowest BCUT2D eigenvalue weighted by Gasteiger charge is -2.29. The van der Waals surface area contributed by atoms with Crippen molar-refractivity contribution in [1.29, 1.82) is 0 Å². The molecule has 5 rings (SSSR count). The van der Waals surface area contributed by atoms with Crippen molar-refractivity contribution in [1.82, 2.24) is 25.0 Å². The summed E-state index contributed by atoms with van der Waals surface area (Å²) in [5.41, 5.74) is 7.79. The van der Waals surface area contributed by atoms with Gasteiger partial charge in [0.1, 0.15) is 11.5 Å². The second-order valence-electron chi connectivity index (χ2n) is 8.23. The van der Waals surface area contributed by atoms with E-state index in [2.05, 4.69) is 72.0 Å². The van der Waals surface area contributed by atoms with Crippen LogP contribution in [-0.2, 0) is 0 Å². The Bertz CT molecular complexity index is 1170. The fourth-order valence-electron chi connectivity index (χ4n) is 4.56. The van der Waals surface area contributed by atoms with Gasteiger partial charge in [-0.25, -0.2) is 4.98 Å². The number of rotatable bonds is 3. The van der Waals surface area contributed by atoms with E-state index in [0.29, 0.717) is 5.92 Å². The van der Waals surface area contributed by atoms with Crippen molar-refractivity contribution in [3.63, 3.8) is 0 Å². The van der Waals surface area contributed by atoms with Gasteiger partial charge in [0.2, 0.25) is 0 Å². The Labute approximate surface area is 170 Å². The van der Waals surface area contributed by atoms with E-state index in [0.717, 1.165) is 41.2 Å². The molecule has 4 aromatic rings. The number of aryl methyl sites for hydroxylation is 3. The summed E-state index contributed by atoms with van der Waals surface area (Å²) in [4.78, 5) is 12.7. The van der Waals surface area contributed by atoms with Gasteiger partial charge in [-0.2, -0.15) is 10.2 Å². The van der Waals surface area contributed by atoms with Crippen molar-refractivity contribution in [3.8, 4) is 5.69 Å². The van der Waals surface area contributed by atoms with E-state index in [1.165, 1.54) is 16.7 Å². The summed E-state index contributed by atoms with van der Waals surface area (Å²) < 4.78 is 0. The van der Waals surface area contributed by atoms with Gasteiger partial charge in [0, 0.05) is 12.6 Å². The van der Waals surface area contributed by atoms with Crippen molar-refractivity contribution in [2.24, 2.45) is 5.92 Å². The van der Waals surface area contributed by atoms with Crippen LogP contribution in [0.1, 0.15) is 41.9 Å². The first-order valence-corrected chi connectivity index (χ1v) is 10.1. The molecule has 1 saturated heterocycles. The second kappa shape index (κ2) is 6.72. The number of fused-ring (bicyclic) bond motifs is 1. The van der Waals surface area contributed by atoms with E-state index < -0.39 is 0 Å². The van der Waals surface area contributed by atoms with Crippen molar-refractivity contribution >= 4 is 16.7 Å². The highest BCUT2D eigenvalue weighted by Gasteiger charge is 2.36. The molecule has 2 aromatic heterocycles. The lowest BCUT2D eigenvalue weighted by Crippen LogP contribution is -2.27. The Morgan fingerprint density at radius 2 is 1.86 bits per heavy atom. The van der Waals surface area contributed by atoms with Gasteiger partial charge in [0.05, 0.1) is 35.2 Å². The Morgan fingerprint density at radius 1 is 1.07 bits per heavy atom. The molecule has 29 heavy (non-hydrogen) atoms. The average molecular weight is 385 g/mol. The topological polar surface area (TPSA) is 62.6 Å². The zero-order valence-electron chi connectivity index (χ0n) is 17.3. The number of hydrogen-bond donors (Lipinski definition) is 1. The first-order valence-electron chi connectivity index (χ1n) is 10.1. The minimum absolute atomic E-state index is 0.173. The maximum atomic E-state index is 5.03. The van der Waals surface area contributed by atoms with E-state index in [-0.39, 0.29) is 6.04 Å².